The standard InChI is InChI=1S/C27H31N5O3S2/c1-18-15-20(3)26-23(16-18)19(2)17-24-29-30-27(32(24)26)36-14-11-25(33)28-21-7-9-22(10-8-21)37(34,35)31-12-5-4-6-13-31/h7-10,15-17H,4-6,11-14H2,1-3H3,(H,28,33). The number of piperidine rings is 1. The number of nitrogens with one attached hydrogen (secondary N) is 1. The van der Waals surface area contributed by atoms with Gasteiger partial charge < -0.3 is 5.32 Å². The summed E-state index contributed by atoms with van der Waals surface area (Å²) >= 11 is 1.49. The van der Waals surface area contributed by atoms with E-state index in [4.69, 9.17) is 0 Å². The smallest absolute Gasteiger partial charge is 0.243 e. The summed E-state index contributed by atoms with van der Waals surface area (Å²) in [5, 5.41) is 13.5. The second kappa shape index (κ2) is 10.4. The first kappa shape index (κ1) is 25.7. The quantitative estimate of drug-likeness (QED) is 0.329. The van der Waals surface area contributed by atoms with Crippen LogP contribution in [0.25, 0.3) is 16.6 Å². The van der Waals surface area contributed by atoms with Crippen molar-refractivity contribution in [2.45, 2.75) is 56.5 Å². The van der Waals surface area contributed by atoms with Crippen molar-refractivity contribution in [3.8, 4) is 0 Å². The van der Waals surface area contributed by atoms with E-state index in [1.807, 2.05) is 6.07 Å². The lowest BCUT2D eigenvalue weighted by Gasteiger charge is -2.25. The van der Waals surface area contributed by atoms with Gasteiger partial charge in [0.1, 0.15) is 0 Å². The van der Waals surface area contributed by atoms with Crippen molar-refractivity contribution in [1.82, 2.24) is 18.9 Å². The number of aryl methyl sites for hydroxylation is 3. The summed E-state index contributed by atoms with van der Waals surface area (Å²) in [5.74, 6) is 0.398. The topological polar surface area (TPSA) is 96.7 Å². The largest absolute Gasteiger partial charge is 0.326 e. The molecule has 0 unspecified atom stereocenters. The van der Waals surface area contributed by atoms with Crippen LogP contribution in [0.1, 0.15) is 42.4 Å². The predicted octanol–water partition coefficient (Wildman–Crippen LogP) is 5.10. The van der Waals surface area contributed by atoms with E-state index in [1.54, 1.807) is 28.6 Å². The van der Waals surface area contributed by atoms with Crippen LogP contribution in [0.3, 0.4) is 0 Å². The van der Waals surface area contributed by atoms with Crippen molar-refractivity contribution in [2.75, 3.05) is 24.2 Å². The first-order chi connectivity index (χ1) is 17.7. The minimum atomic E-state index is -3.49. The second-order valence-corrected chi connectivity index (χ2v) is 12.6. The Morgan fingerprint density at radius 1 is 0.973 bits per heavy atom. The number of amides is 1. The lowest BCUT2D eigenvalue weighted by Crippen LogP contribution is -2.35. The number of aromatic nitrogens is 3. The molecule has 1 saturated heterocycles. The zero-order chi connectivity index (χ0) is 26.2. The van der Waals surface area contributed by atoms with E-state index in [0.717, 1.165) is 46.7 Å². The van der Waals surface area contributed by atoms with E-state index in [1.165, 1.54) is 22.7 Å². The molecule has 8 nitrogen and oxygen atoms in total. The monoisotopic (exact) mass is 537 g/mol. The number of rotatable bonds is 7. The maximum Gasteiger partial charge on any atom is 0.243 e. The van der Waals surface area contributed by atoms with E-state index in [2.05, 4.69) is 52.8 Å². The van der Waals surface area contributed by atoms with Crippen molar-refractivity contribution in [1.29, 1.82) is 0 Å². The Kier molecular flexibility index (Phi) is 7.24. The van der Waals surface area contributed by atoms with E-state index in [9.17, 15) is 13.2 Å². The number of thioether (sulfide) groups is 1. The fraction of sp³-hybridized carbons (Fsp3) is 0.370. The van der Waals surface area contributed by atoms with Crippen LogP contribution >= 0.6 is 11.8 Å². The molecule has 194 valence electrons. The molecular formula is C27H31N5O3S2. The van der Waals surface area contributed by atoms with Crippen molar-refractivity contribution >= 4 is 49.9 Å². The second-order valence-electron chi connectivity index (χ2n) is 9.62. The molecule has 1 aliphatic heterocycles. The van der Waals surface area contributed by atoms with Crippen LogP contribution in [0.4, 0.5) is 5.69 Å². The Bertz CT molecular complexity index is 1570. The molecule has 4 aromatic rings. The molecule has 0 atom stereocenters. The lowest BCUT2D eigenvalue weighted by atomic mass is 10.0. The van der Waals surface area contributed by atoms with Gasteiger partial charge in [0, 0.05) is 36.3 Å². The van der Waals surface area contributed by atoms with Gasteiger partial charge in [-0.05, 0) is 81.1 Å². The summed E-state index contributed by atoms with van der Waals surface area (Å²) in [6, 6.07) is 12.8. The van der Waals surface area contributed by atoms with Crippen LogP contribution in [0.2, 0.25) is 0 Å². The highest BCUT2D eigenvalue weighted by Gasteiger charge is 2.25. The fourth-order valence-corrected chi connectivity index (χ4v) is 7.33. The molecule has 10 heteroatoms. The molecule has 5 rings (SSSR count). The van der Waals surface area contributed by atoms with Crippen molar-refractivity contribution < 1.29 is 13.2 Å². The first-order valence-corrected chi connectivity index (χ1v) is 15.0. The Labute approximate surface area is 221 Å². The zero-order valence-electron chi connectivity index (χ0n) is 21.3. The Hall–Kier alpha value is -2.95. The number of nitrogens with zero attached hydrogens (tertiary/aromatic N) is 4. The third kappa shape index (κ3) is 5.23. The molecule has 2 aromatic heterocycles. The van der Waals surface area contributed by atoms with E-state index < -0.39 is 10.0 Å². The number of hydrogen-bond acceptors (Lipinski definition) is 6. The molecule has 1 aliphatic rings. The molecular weight excluding hydrogens is 506 g/mol. The molecule has 0 saturated carbocycles. The molecule has 0 radical (unpaired) electrons. The maximum absolute atomic E-state index is 12.8. The number of hydrogen-bond donors (Lipinski definition) is 1. The number of pyridine rings is 1. The van der Waals surface area contributed by atoms with E-state index in [-0.39, 0.29) is 17.2 Å². The Morgan fingerprint density at radius 3 is 2.43 bits per heavy atom. The first-order valence-electron chi connectivity index (χ1n) is 12.5. The number of sulfonamides is 1. The molecule has 0 aliphatic carbocycles. The van der Waals surface area contributed by atoms with Gasteiger partial charge in [-0.25, -0.2) is 8.42 Å². The summed E-state index contributed by atoms with van der Waals surface area (Å²) in [5.41, 5.74) is 6.00. The summed E-state index contributed by atoms with van der Waals surface area (Å²) in [4.78, 5) is 12.8. The van der Waals surface area contributed by atoms with Crippen LogP contribution in [0.5, 0.6) is 0 Å². The van der Waals surface area contributed by atoms with E-state index in [0.29, 0.717) is 24.5 Å². The van der Waals surface area contributed by atoms with Gasteiger partial charge in [-0.1, -0.05) is 29.8 Å². The van der Waals surface area contributed by atoms with Gasteiger partial charge in [-0.3, -0.25) is 9.20 Å². The summed E-state index contributed by atoms with van der Waals surface area (Å²) in [7, 11) is -3.49. The number of anilines is 1. The average molecular weight is 538 g/mol. The fourth-order valence-electron chi connectivity index (χ4n) is 4.93. The molecule has 3 heterocycles. The van der Waals surface area contributed by atoms with Gasteiger partial charge in [0.2, 0.25) is 15.9 Å². The normalized spacial score (nSPS) is 14.9. The minimum Gasteiger partial charge on any atom is -0.326 e. The number of carbonyl (C=O) groups excluding carboxylic acids is 1. The van der Waals surface area contributed by atoms with Crippen LogP contribution in [0, 0.1) is 20.8 Å². The summed E-state index contributed by atoms with van der Waals surface area (Å²) < 4.78 is 29.3. The van der Waals surface area contributed by atoms with Crippen LogP contribution in [0.15, 0.2) is 52.5 Å². The van der Waals surface area contributed by atoms with Gasteiger partial charge in [0.15, 0.2) is 10.8 Å². The van der Waals surface area contributed by atoms with Crippen LogP contribution < -0.4 is 5.32 Å². The molecule has 0 spiro atoms. The SMILES string of the molecule is Cc1cc(C)c2c(c1)c(C)cc1nnc(SCCC(=O)Nc3ccc(S(=O)(=O)N4CCCCC4)cc3)n12. The minimum absolute atomic E-state index is 0.138. The average Bonchev–Trinajstić information content (AvgIpc) is 3.27. The molecule has 2 aromatic carbocycles. The molecule has 0 bridgehead atoms. The van der Waals surface area contributed by atoms with Crippen LogP contribution in [-0.2, 0) is 14.8 Å². The highest BCUT2D eigenvalue weighted by Crippen LogP contribution is 2.29. The number of benzene rings is 2. The molecule has 1 N–H and O–H groups in total. The van der Waals surface area contributed by atoms with Gasteiger partial charge in [0.05, 0.1) is 10.4 Å². The highest BCUT2D eigenvalue weighted by molar-refractivity contribution is 7.99. The summed E-state index contributed by atoms with van der Waals surface area (Å²) in [6.07, 6.45) is 3.14. The third-order valence-corrected chi connectivity index (χ3v) is 9.59. The summed E-state index contributed by atoms with van der Waals surface area (Å²) in [6.45, 7) is 7.41. The highest BCUT2D eigenvalue weighted by atomic mass is 32.2. The number of fused-ring (bicyclic) bond motifs is 3. The van der Waals surface area contributed by atoms with Gasteiger partial charge in [-0.2, -0.15) is 4.31 Å². The Morgan fingerprint density at radius 2 is 1.70 bits per heavy atom. The third-order valence-electron chi connectivity index (χ3n) is 6.75. The predicted molar refractivity (Wildman–Crippen MR) is 148 cm³/mol. The van der Waals surface area contributed by atoms with E-state index >= 15 is 0 Å². The lowest BCUT2D eigenvalue weighted by molar-refractivity contribution is -0.115. The number of carbonyl (C=O) groups is 1. The molecule has 37 heavy (non-hydrogen) atoms. The Balaban J connectivity index is 1.23. The van der Waals surface area contributed by atoms with Gasteiger partial charge in [0.25, 0.3) is 0 Å². The van der Waals surface area contributed by atoms with Crippen molar-refractivity contribution in [2.24, 2.45) is 0 Å². The van der Waals surface area contributed by atoms with Crippen LogP contribution in [-0.4, -0.2) is 52.1 Å². The van der Waals surface area contributed by atoms with Crippen molar-refractivity contribution in [3.63, 3.8) is 0 Å². The van der Waals surface area contributed by atoms with Gasteiger partial charge in [-0.15, -0.1) is 10.2 Å². The molecule has 1 amide bonds. The van der Waals surface area contributed by atoms with Gasteiger partial charge >= 0.3 is 0 Å². The molecule has 1 fully saturated rings. The zero-order valence-corrected chi connectivity index (χ0v) is 23.0. The maximum atomic E-state index is 12.8. The van der Waals surface area contributed by atoms with Crippen molar-refractivity contribution in [3.05, 3.63) is 59.2 Å².